The first-order valence-corrected chi connectivity index (χ1v) is 8.75. The molecule has 1 unspecified atom stereocenters. The predicted molar refractivity (Wildman–Crippen MR) is 91.3 cm³/mol. The average molecular weight is 385 g/mol. The lowest BCUT2D eigenvalue weighted by atomic mass is 10.0. The Kier molecular flexibility index (Phi) is 8.81. The lowest BCUT2D eigenvalue weighted by molar-refractivity contribution is 0.0789. The Labute approximate surface area is 147 Å². The molecule has 24 heavy (non-hydrogen) atoms. The Hall–Kier alpha value is -1.25. The number of sulfone groups is 1. The van der Waals surface area contributed by atoms with Crippen LogP contribution < -0.4 is 5.73 Å². The zero-order chi connectivity index (χ0) is 17.8. The van der Waals surface area contributed by atoms with Crippen LogP contribution in [0.3, 0.4) is 0 Å². The summed E-state index contributed by atoms with van der Waals surface area (Å²) in [6.07, 6.45) is 0.637. The van der Waals surface area contributed by atoms with Gasteiger partial charge in [0.2, 0.25) is 9.84 Å². The van der Waals surface area contributed by atoms with Crippen LogP contribution in [0.25, 0.3) is 0 Å². The summed E-state index contributed by atoms with van der Waals surface area (Å²) in [5.41, 5.74) is 6.16. The molecule has 9 heteroatoms. The number of nitrogens with zero attached hydrogens (tertiary/aromatic N) is 1. The van der Waals surface area contributed by atoms with Gasteiger partial charge in [0.15, 0.2) is 0 Å². The maximum absolute atomic E-state index is 12.5. The van der Waals surface area contributed by atoms with Gasteiger partial charge in [0.25, 0.3) is 5.91 Å². The SMILES string of the molecule is CC(C)C(N)CCN(C)C(=O)c1ccc(S(=O)(=O)C(F)F)cc1.Cl. The van der Waals surface area contributed by atoms with Gasteiger partial charge < -0.3 is 10.6 Å². The second kappa shape index (κ2) is 9.29. The van der Waals surface area contributed by atoms with Gasteiger partial charge in [0.05, 0.1) is 4.90 Å². The van der Waals surface area contributed by atoms with Crippen molar-refractivity contribution in [2.75, 3.05) is 13.6 Å². The number of benzene rings is 1. The van der Waals surface area contributed by atoms with E-state index in [1.165, 1.54) is 17.0 Å². The standard InChI is InChI=1S/C15H22F2N2O3S.ClH/c1-10(2)13(18)8-9-19(3)14(20)11-4-6-12(7-5-11)23(21,22)15(16)17;/h4-7,10,13,15H,8-9,18H2,1-3H3;1H. The second-order valence-corrected chi connectivity index (χ2v) is 7.67. The molecule has 0 heterocycles. The molecule has 1 amide bonds. The molecule has 138 valence electrons. The fourth-order valence-electron chi connectivity index (χ4n) is 1.89. The molecule has 0 aliphatic rings. The van der Waals surface area contributed by atoms with E-state index < -0.39 is 20.5 Å². The third-order valence-corrected chi connectivity index (χ3v) is 5.06. The van der Waals surface area contributed by atoms with Crippen LogP contribution in [0.2, 0.25) is 0 Å². The molecule has 0 aliphatic carbocycles. The van der Waals surface area contributed by atoms with Crippen molar-refractivity contribution in [3.63, 3.8) is 0 Å². The molecule has 1 aromatic carbocycles. The lowest BCUT2D eigenvalue weighted by Crippen LogP contribution is -2.34. The van der Waals surface area contributed by atoms with E-state index in [2.05, 4.69) is 0 Å². The number of carbonyl (C=O) groups excluding carboxylic acids is 1. The Morgan fingerprint density at radius 1 is 1.21 bits per heavy atom. The van der Waals surface area contributed by atoms with E-state index in [0.29, 0.717) is 18.9 Å². The largest absolute Gasteiger partial charge is 0.342 e. The van der Waals surface area contributed by atoms with E-state index in [9.17, 15) is 22.0 Å². The number of amides is 1. The normalized spacial score (nSPS) is 12.8. The number of rotatable bonds is 7. The number of halogens is 3. The van der Waals surface area contributed by atoms with Crippen LogP contribution in [0.1, 0.15) is 30.6 Å². The highest BCUT2D eigenvalue weighted by molar-refractivity contribution is 7.91. The molecule has 0 spiro atoms. The molecule has 1 rings (SSSR count). The van der Waals surface area contributed by atoms with E-state index >= 15 is 0 Å². The molecule has 0 aromatic heterocycles. The number of carbonyl (C=O) groups is 1. The van der Waals surface area contributed by atoms with Crippen LogP contribution in [0.4, 0.5) is 8.78 Å². The van der Waals surface area contributed by atoms with Crippen molar-refractivity contribution in [3.05, 3.63) is 29.8 Å². The fourth-order valence-corrected chi connectivity index (χ4v) is 2.61. The molecule has 0 radical (unpaired) electrons. The molecular weight excluding hydrogens is 362 g/mol. The van der Waals surface area contributed by atoms with Crippen LogP contribution in [0.15, 0.2) is 29.2 Å². The first-order valence-electron chi connectivity index (χ1n) is 7.20. The summed E-state index contributed by atoms with van der Waals surface area (Å²) < 4.78 is 47.6. The number of nitrogens with two attached hydrogens (primary N) is 1. The maximum Gasteiger partial charge on any atom is 0.341 e. The summed E-state index contributed by atoms with van der Waals surface area (Å²) in [6.45, 7) is 4.44. The van der Waals surface area contributed by atoms with Crippen LogP contribution in [0, 0.1) is 5.92 Å². The highest BCUT2D eigenvalue weighted by Gasteiger charge is 2.26. The third-order valence-electron chi connectivity index (χ3n) is 3.67. The molecule has 1 aromatic rings. The van der Waals surface area contributed by atoms with E-state index in [0.717, 1.165) is 12.1 Å². The van der Waals surface area contributed by atoms with E-state index in [1.54, 1.807) is 7.05 Å². The highest BCUT2D eigenvalue weighted by Crippen LogP contribution is 2.19. The summed E-state index contributed by atoms with van der Waals surface area (Å²) in [4.78, 5) is 13.2. The van der Waals surface area contributed by atoms with Gasteiger partial charge in [-0.15, -0.1) is 12.4 Å². The molecule has 0 fully saturated rings. The topological polar surface area (TPSA) is 80.5 Å². The van der Waals surface area contributed by atoms with Gasteiger partial charge in [0, 0.05) is 25.2 Å². The average Bonchev–Trinajstić information content (AvgIpc) is 2.51. The smallest absolute Gasteiger partial charge is 0.341 e. The summed E-state index contributed by atoms with van der Waals surface area (Å²) in [5, 5.41) is 0. The Morgan fingerprint density at radius 2 is 1.71 bits per heavy atom. The van der Waals surface area contributed by atoms with Crippen molar-refractivity contribution < 1.29 is 22.0 Å². The number of alkyl halides is 2. The molecule has 0 bridgehead atoms. The van der Waals surface area contributed by atoms with Crippen molar-refractivity contribution in [1.29, 1.82) is 0 Å². The molecule has 5 nitrogen and oxygen atoms in total. The van der Waals surface area contributed by atoms with Crippen molar-refractivity contribution in [3.8, 4) is 0 Å². The van der Waals surface area contributed by atoms with Gasteiger partial charge in [-0.3, -0.25) is 4.79 Å². The van der Waals surface area contributed by atoms with Gasteiger partial charge in [-0.05, 0) is 36.6 Å². The zero-order valence-electron chi connectivity index (χ0n) is 13.8. The fraction of sp³-hybridized carbons (Fsp3) is 0.533. The maximum atomic E-state index is 12.5. The minimum absolute atomic E-state index is 0. The van der Waals surface area contributed by atoms with Gasteiger partial charge in [0.1, 0.15) is 0 Å². The van der Waals surface area contributed by atoms with Crippen LogP contribution >= 0.6 is 12.4 Å². The Bertz CT molecular complexity index is 637. The van der Waals surface area contributed by atoms with Crippen molar-refractivity contribution >= 4 is 28.2 Å². The van der Waals surface area contributed by atoms with Crippen molar-refractivity contribution in [2.45, 2.75) is 37.0 Å². The summed E-state index contributed by atoms with van der Waals surface area (Å²) in [7, 11) is -3.04. The number of hydrogen-bond acceptors (Lipinski definition) is 4. The van der Waals surface area contributed by atoms with Gasteiger partial charge in [-0.2, -0.15) is 8.78 Å². The van der Waals surface area contributed by atoms with Crippen molar-refractivity contribution in [1.82, 2.24) is 4.90 Å². The van der Waals surface area contributed by atoms with Gasteiger partial charge >= 0.3 is 5.76 Å². The highest BCUT2D eigenvalue weighted by atomic mass is 35.5. The minimum atomic E-state index is -4.65. The predicted octanol–water partition coefficient (Wildman–Crippen LogP) is 2.55. The molecule has 0 saturated heterocycles. The van der Waals surface area contributed by atoms with Crippen LogP contribution in [0.5, 0.6) is 0 Å². The molecule has 0 aliphatic heterocycles. The van der Waals surface area contributed by atoms with Crippen LogP contribution in [-0.4, -0.2) is 44.6 Å². The van der Waals surface area contributed by atoms with Crippen LogP contribution in [-0.2, 0) is 9.84 Å². The molecule has 1 atom stereocenters. The monoisotopic (exact) mass is 384 g/mol. The zero-order valence-corrected chi connectivity index (χ0v) is 15.4. The molecule has 2 N–H and O–H groups in total. The van der Waals surface area contributed by atoms with Crippen molar-refractivity contribution in [2.24, 2.45) is 11.7 Å². The first kappa shape index (κ1) is 22.8. The summed E-state index contributed by atoms with van der Waals surface area (Å²) in [6, 6.07) is 4.47. The third kappa shape index (κ3) is 5.68. The molecular formula is C15H23ClF2N2O3S. The summed E-state index contributed by atoms with van der Waals surface area (Å²) >= 11 is 0. The quantitative estimate of drug-likeness (QED) is 0.783. The Balaban J connectivity index is 0.00000529. The second-order valence-electron chi connectivity index (χ2n) is 5.75. The minimum Gasteiger partial charge on any atom is -0.342 e. The van der Waals surface area contributed by atoms with Gasteiger partial charge in [-0.25, -0.2) is 8.42 Å². The van der Waals surface area contributed by atoms with E-state index in [-0.39, 0.29) is 29.9 Å². The molecule has 0 saturated carbocycles. The van der Waals surface area contributed by atoms with Gasteiger partial charge in [-0.1, -0.05) is 13.8 Å². The van der Waals surface area contributed by atoms with E-state index in [1.807, 2.05) is 13.8 Å². The summed E-state index contributed by atoms with van der Waals surface area (Å²) in [5.74, 6) is -3.50. The Morgan fingerprint density at radius 3 is 2.12 bits per heavy atom. The van der Waals surface area contributed by atoms with E-state index in [4.69, 9.17) is 5.73 Å². The first-order chi connectivity index (χ1) is 10.6. The number of hydrogen-bond donors (Lipinski definition) is 1. The lowest BCUT2D eigenvalue weighted by Gasteiger charge is -2.21.